The number of hydrogen-bond donors (Lipinski definition) is 0. The number of furan rings is 1. The molecule has 0 unspecified atom stereocenters. The van der Waals surface area contributed by atoms with Gasteiger partial charge in [0.05, 0.1) is 0 Å². The quantitative estimate of drug-likeness (QED) is 0.204. The molecule has 1 aliphatic carbocycles. The molecule has 0 bridgehead atoms. The van der Waals surface area contributed by atoms with Crippen molar-refractivity contribution in [1.82, 2.24) is 15.0 Å². The van der Waals surface area contributed by atoms with Gasteiger partial charge in [0, 0.05) is 38.4 Å². The third kappa shape index (κ3) is 4.11. The van der Waals surface area contributed by atoms with Crippen LogP contribution in [0.5, 0.6) is 0 Å². The van der Waals surface area contributed by atoms with E-state index >= 15 is 0 Å². The lowest BCUT2D eigenvalue weighted by atomic mass is 9.82. The summed E-state index contributed by atoms with van der Waals surface area (Å²) in [4.78, 5) is 14.7. The van der Waals surface area contributed by atoms with Gasteiger partial charge in [0.15, 0.2) is 17.5 Å². The van der Waals surface area contributed by atoms with E-state index in [0.29, 0.717) is 17.5 Å². The van der Waals surface area contributed by atoms with Crippen molar-refractivity contribution in [2.75, 3.05) is 0 Å². The Hall–Kier alpha value is -5.87. The zero-order valence-electron chi connectivity index (χ0n) is 25.5. The zero-order chi connectivity index (χ0) is 30.8. The van der Waals surface area contributed by atoms with E-state index < -0.39 is 0 Å². The van der Waals surface area contributed by atoms with Crippen molar-refractivity contribution >= 4 is 21.9 Å². The minimum Gasteiger partial charge on any atom is -0.456 e. The van der Waals surface area contributed by atoms with Gasteiger partial charge in [-0.2, -0.15) is 0 Å². The lowest BCUT2D eigenvalue weighted by Gasteiger charge is -2.21. The van der Waals surface area contributed by atoms with Crippen LogP contribution in [0.3, 0.4) is 0 Å². The number of benzene rings is 6. The van der Waals surface area contributed by atoms with Crippen molar-refractivity contribution in [3.05, 3.63) is 151 Å². The summed E-state index contributed by atoms with van der Waals surface area (Å²) in [5.74, 6) is 1.94. The molecule has 2 heterocycles. The van der Waals surface area contributed by atoms with Gasteiger partial charge in [-0.25, -0.2) is 15.0 Å². The van der Waals surface area contributed by atoms with Crippen LogP contribution in [-0.4, -0.2) is 15.0 Å². The molecule has 1 aliphatic rings. The summed E-state index contributed by atoms with van der Waals surface area (Å²) in [7, 11) is 0. The van der Waals surface area contributed by atoms with Crippen molar-refractivity contribution in [2.45, 2.75) is 19.3 Å². The first kappa shape index (κ1) is 26.5. The predicted octanol–water partition coefficient (Wildman–Crippen LogP) is 10.7. The van der Waals surface area contributed by atoms with E-state index in [1.54, 1.807) is 0 Å². The summed E-state index contributed by atoms with van der Waals surface area (Å²) in [5.41, 5.74) is 12.0. The first-order valence-electron chi connectivity index (χ1n) is 15.6. The van der Waals surface area contributed by atoms with Crippen molar-refractivity contribution in [2.24, 2.45) is 0 Å². The molecule has 218 valence electrons. The molecule has 8 aromatic rings. The summed E-state index contributed by atoms with van der Waals surface area (Å²) in [6.45, 7) is 4.60. The zero-order valence-corrected chi connectivity index (χ0v) is 25.5. The van der Waals surface area contributed by atoms with E-state index in [9.17, 15) is 0 Å². The SMILES string of the molecule is CC1(C)c2ccccc2-c2ccc3c(oc4ccc(-c5cccc(-c6nc(-c7ccccc7)nc(-c7ccccc7)n6)c5)cc43)c21. The molecular formula is C42H29N3O. The molecule has 0 N–H and O–H groups in total. The molecule has 0 fully saturated rings. The maximum absolute atomic E-state index is 6.63. The second kappa shape index (κ2) is 10.1. The van der Waals surface area contributed by atoms with Gasteiger partial charge in [-0.15, -0.1) is 0 Å². The molecule has 4 heteroatoms. The molecule has 0 spiro atoms. The number of rotatable bonds is 4. The average molecular weight is 592 g/mol. The summed E-state index contributed by atoms with van der Waals surface area (Å²) in [6, 6.07) is 48.3. The molecule has 0 saturated carbocycles. The van der Waals surface area contributed by atoms with Gasteiger partial charge in [0.1, 0.15) is 11.2 Å². The smallest absolute Gasteiger partial charge is 0.164 e. The van der Waals surface area contributed by atoms with E-state index in [1.165, 1.54) is 22.3 Å². The minimum atomic E-state index is -0.141. The van der Waals surface area contributed by atoms with Crippen LogP contribution < -0.4 is 0 Å². The molecule has 0 atom stereocenters. The Bertz CT molecular complexity index is 2380. The molecule has 4 nitrogen and oxygen atoms in total. The first-order chi connectivity index (χ1) is 22.5. The summed E-state index contributed by atoms with van der Waals surface area (Å²) in [5, 5.41) is 2.26. The number of nitrogens with zero attached hydrogens (tertiary/aromatic N) is 3. The van der Waals surface area contributed by atoms with Gasteiger partial charge in [-0.1, -0.05) is 129 Å². The van der Waals surface area contributed by atoms with Gasteiger partial charge < -0.3 is 4.42 Å². The Kier molecular flexibility index (Phi) is 5.81. The maximum Gasteiger partial charge on any atom is 0.164 e. The fraction of sp³-hybridized carbons (Fsp3) is 0.0714. The highest BCUT2D eigenvalue weighted by atomic mass is 16.3. The predicted molar refractivity (Wildman–Crippen MR) is 186 cm³/mol. The monoisotopic (exact) mass is 591 g/mol. The van der Waals surface area contributed by atoms with E-state index in [0.717, 1.165) is 49.8 Å². The van der Waals surface area contributed by atoms with Crippen LogP contribution in [-0.2, 0) is 5.41 Å². The number of hydrogen-bond acceptors (Lipinski definition) is 4. The Morgan fingerprint density at radius 1 is 0.457 bits per heavy atom. The summed E-state index contributed by atoms with van der Waals surface area (Å²) >= 11 is 0. The Morgan fingerprint density at radius 3 is 1.76 bits per heavy atom. The van der Waals surface area contributed by atoms with Gasteiger partial charge in [0.2, 0.25) is 0 Å². The highest BCUT2D eigenvalue weighted by Crippen LogP contribution is 2.52. The lowest BCUT2D eigenvalue weighted by Crippen LogP contribution is -2.15. The van der Waals surface area contributed by atoms with Crippen molar-refractivity contribution in [3.8, 4) is 56.4 Å². The molecule has 0 amide bonds. The summed E-state index contributed by atoms with van der Waals surface area (Å²) in [6.07, 6.45) is 0. The summed E-state index contributed by atoms with van der Waals surface area (Å²) < 4.78 is 6.63. The Labute approximate surface area is 267 Å². The van der Waals surface area contributed by atoms with E-state index in [-0.39, 0.29) is 5.41 Å². The van der Waals surface area contributed by atoms with Crippen LogP contribution in [0, 0.1) is 0 Å². The second-order valence-electron chi connectivity index (χ2n) is 12.5. The van der Waals surface area contributed by atoms with Crippen molar-refractivity contribution in [1.29, 1.82) is 0 Å². The fourth-order valence-corrected chi connectivity index (χ4v) is 7.04. The minimum absolute atomic E-state index is 0.141. The molecule has 9 rings (SSSR count). The van der Waals surface area contributed by atoms with Gasteiger partial charge in [0.25, 0.3) is 0 Å². The van der Waals surface area contributed by atoms with Crippen LogP contribution in [0.15, 0.2) is 144 Å². The lowest BCUT2D eigenvalue weighted by molar-refractivity contribution is 0.620. The van der Waals surface area contributed by atoms with Gasteiger partial charge in [-0.05, 0) is 52.1 Å². The molecule has 0 radical (unpaired) electrons. The molecule has 0 saturated heterocycles. The number of aromatic nitrogens is 3. The molecule has 6 aromatic carbocycles. The van der Waals surface area contributed by atoms with Crippen LogP contribution in [0.4, 0.5) is 0 Å². The fourth-order valence-electron chi connectivity index (χ4n) is 7.04. The van der Waals surface area contributed by atoms with Crippen molar-refractivity contribution in [3.63, 3.8) is 0 Å². The van der Waals surface area contributed by atoms with Gasteiger partial charge in [-0.3, -0.25) is 0 Å². The highest BCUT2D eigenvalue weighted by Gasteiger charge is 2.38. The topological polar surface area (TPSA) is 51.8 Å². The normalized spacial score (nSPS) is 13.2. The van der Waals surface area contributed by atoms with Crippen molar-refractivity contribution < 1.29 is 4.42 Å². The second-order valence-corrected chi connectivity index (χ2v) is 12.5. The number of fused-ring (bicyclic) bond motifs is 7. The van der Waals surface area contributed by atoms with E-state index in [1.807, 2.05) is 60.7 Å². The van der Waals surface area contributed by atoms with Crippen LogP contribution >= 0.6 is 0 Å². The third-order valence-electron chi connectivity index (χ3n) is 9.31. The van der Waals surface area contributed by atoms with Crippen LogP contribution in [0.25, 0.3) is 78.4 Å². The average Bonchev–Trinajstić information content (AvgIpc) is 3.60. The molecule has 46 heavy (non-hydrogen) atoms. The van der Waals surface area contributed by atoms with Gasteiger partial charge >= 0.3 is 0 Å². The van der Waals surface area contributed by atoms with Crippen LogP contribution in [0.1, 0.15) is 25.0 Å². The van der Waals surface area contributed by atoms with E-state index in [2.05, 4.69) is 92.7 Å². The molecular weight excluding hydrogens is 562 g/mol. The Morgan fingerprint density at radius 2 is 1.04 bits per heavy atom. The maximum atomic E-state index is 6.63. The van der Waals surface area contributed by atoms with Crippen LogP contribution in [0.2, 0.25) is 0 Å². The standard InChI is InChI=1S/C42H29N3O/c1-42(2)35-19-10-9-18-31(35)32-21-22-33-34-25-29(20-23-36(34)46-38(33)37(32)42)28-16-11-17-30(24-28)41-44-39(26-12-5-3-6-13-26)43-40(45-41)27-14-7-4-8-15-27/h3-25H,1-2H3. The molecule has 2 aromatic heterocycles. The molecule has 0 aliphatic heterocycles. The first-order valence-corrected chi connectivity index (χ1v) is 15.6. The highest BCUT2D eigenvalue weighted by molar-refractivity contribution is 6.10. The Balaban J connectivity index is 1.16. The largest absolute Gasteiger partial charge is 0.456 e. The van der Waals surface area contributed by atoms with E-state index in [4.69, 9.17) is 19.4 Å². The third-order valence-corrected chi connectivity index (χ3v) is 9.31.